The van der Waals surface area contributed by atoms with Gasteiger partial charge in [0.2, 0.25) is 0 Å². The number of amides is 1. The van der Waals surface area contributed by atoms with Crippen LogP contribution in [0.5, 0.6) is 0 Å². The van der Waals surface area contributed by atoms with E-state index in [4.69, 9.17) is 0 Å². The second-order valence-corrected chi connectivity index (χ2v) is 7.22. The number of hydrogen-bond donors (Lipinski definition) is 0. The first-order valence-electron chi connectivity index (χ1n) is 8.98. The molecular weight excluding hydrogens is 324 g/mol. The number of aromatic nitrogens is 3. The third-order valence-corrected chi connectivity index (χ3v) is 4.94. The van der Waals surface area contributed by atoms with Gasteiger partial charge < -0.3 is 4.90 Å². The van der Waals surface area contributed by atoms with E-state index in [1.807, 2.05) is 31.6 Å². The highest BCUT2D eigenvalue weighted by Crippen LogP contribution is 2.24. The molecule has 2 aromatic heterocycles. The van der Waals surface area contributed by atoms with Gasteiger partial charge in [-0.25, -0.2) is 9.67 Å². The fourth-order valence-corrected chi connectivity index (χ4v) is 3.09. The van der Waals surface area contributed by atoms with Crippen LogP contribution in [0.3, 0.4) is 0 Å². The molecule has 0 saturated carbocycles. The highest BCUT2D eigenvalue weighted by Gasteiger charge is 2.22. The van der Waals surface area contributed by atoms with E-state index >= 15 is 0 Å². The topological polar surface area (TPSA) is 51.0 Å². The van der Waals surface area contributed by atoms with E-state index in [1.165, 1.54) is 5.56 Å². The Hall–Kier alpha value is -2.69. The van der Waals surface area contributed by atoms with Crippen LogP contribution >= 0.6 is 0 Å². The zero-order chi connectivity index (χ0) is 19.0. The summed E-state index contributed by atoms with van der Waals surface area (Å²) < 4.78 is 1.88. The van der Waals surface area contributed by atoms with Crippen molar-refractivity contribution in [2.75, 3.05) is 7.05 Å². The van der Waals surface area contributed by atoms with E-state index in [9.17, 15) is 4.79 Å². The summed E-state index contributed by atoms with van der Waals surface area (Å²) in [6, 6.07) is 10.4. The molecule has 0 bridgehead atoms. The van der Waals surface area contributed by atoms with Crippen molar-refractivity contribution in [3.63, 3.8) is 0 Å². The maximum absolute atomic E-state index is 13.1. The number of carbonyl (C=O) groups is 1. The summed E-state index contributed by atoms with van der Waals surface area (Å²) in [5.74, 6) is -0.0257. The first-order valence-corrected chi connectivity index (χ1v) is 8.98. The predicted octanol–water partition coefficient (Wildman–Crippen LogP) is 4.46. The van der Waals surface area contributed by atoms with E-state index in [1.54, 1.807) is 11.1 Å². The molecule has 2 heterocycles. The van der Waals surface area contributed by atoms with Crippen LogP contribution in [0.1, 0.15) is 60.0 Å². The van der Waals surface area contributed by atoms with Crippen molar-refractivity contribution < 1.29 is 4.79 Å². The predicted molar refractivity (Wildman–Crippen MR) is 104 cm³/mol. The Morgan fingerprint density at radius 2 is 1.77 bits per heavy atom. The molecule has 1 aromatic carbocycles. The molecule has 1 unspecified atom stereocenters. The molecule has 0 fully saturated rings. The van der Waals surface area contributed by atoms with Gasteiger partial charge in [-0.1, -0.05) is 29.8 Å². The molecule has 0 spiro atoms. The Balaban J connectivity index is 1.93. The molecule has 3 rings (SSSR count). The Kier molecular flexibility index (Phi) is 4.81. The van der Waals surface area contributed by atoms with Gasteiger partial charge in [0.25, 0.3) is 5.91 Å². The van der Waals surface area contributed by atoms with Gasteiger partial charge in [-0.05, 0) is 46.2 Å². The summed E-state index contributed by atoms with van der Waals surface area (Å²) in [4.78, 5) is 19.5. The monoisotopic (exact) mass is 350 g/mol. The highest BCUT2D eigenvalue weighted by molar-refractivity contribution is 5.98. The molecule has 0 aliphatic rings. The standard InChI is InChI=1S/C21H26N4O/c1-13(2)25-20-18(12-22-25)11-19(15(4)23-20)21(26)24(6)16(5)17-9-7-14(3)8-10-17/h7-13,16H,1-6H3. The average Bonchev–Trinajstić information content (AvgIpc) is 3.02. The Morgan fingerprint density at radius 1 is 1.12 bits per heavy atom. The Bertz CT molecular complexity index is 941. The van der Waals surface area contributed by atoms with Gasteiger partial charge in [0.1, 0.15) is 0 Å². The summed E-state index contributed by atoms with van der Waals surface area (Å²) in [7, 11) is 1.84. The van der Waals surface area contributed by atoms with Gasteiger partial charge in [0.05, 0.1) is 23.5 Å². The lowest BCUT2D eigenvalue weighted by atomic mass is 10.0. The first-order chi connectivity index (χ1) is 12.3. The van der Waals surface area contributed by atoms with Gasteiger partial charge >= 0.3 is 0 Å². The largest absolute Gasteiger partial charge is 0.335 e. The van der Waals surface area contributed by atoms with Crippen molar-refractivity contribution in [2.24, 2.45) is 0 Å². The normalized spacial score (nSPS) is 12.6. The van der Waals surface area contributed by atoms with Gasteiger partial charge in [0, 0.05) is 18.5 Å². The number of nitrogens with zero attached hydrogens (tertiary/aromatic N) is 4. The number of rotatable bonds is 4. The number of benzene rings is 1. The van der Waals surface area contributed by atoms with Crippen molar-refractivity contribution in [1.82, 2.24) is 19.7 Å². The lowest BCUT2D eigenvalue weighted by Gasteiger charge is -2.26. The fraction of sp³-hybridized carbons (Fsp3) is 0.381. The fourth-order valence-electron chi connectivity index (χ4n) is 3.09. The zero-order valence-corrected chi connectivity index (χ0v) is 16.3. The second kappa shape index (κ2) is 6.90. The lowest BCUT2D eigenvalue weighted by Crippen LogP contribution is -2.30. The second-order valence-electron chi connectivity index (χ2n) is 7.22. The molecule has 5 nitrogen and oxygen atoms in total. The summed E-state index contributed by atoms with van der Waals surface area (Å²) in [6.45, 7) is 10.1. The lowest BCUT2D eigenvalue weighted by molar-refractivity contribution is 0.0741. The van der Waals surface area contributed by atoms with E-state index < -0.39 is 0 Å². The molecule has 0 aliphatic heterocycles. The van der Waals surface area contributed by atoms with E-state index in [0.29, 0.717) is 5.56 Å². The van der Waals surface area contributed by atoms with Crippen molar-refractivity contribution >= 4 is 16.9 Å². The van der Waals surface area contributed by atoms with Crippen molar-refractivity contribution in [3.8, 4) is 0 Å². The van der Waals surface area contributed by atoms with Gasteiger partial charge in [-0.2, -0.15) is 5.10 Å². The smallest absolute Gasteiger partial charge is 0.255 e. The third kappa shape index (κ3) is 3.21. The summed E-state index contributed by atoms with van der Waals surface area (Å²) in [5.41, 5.74) is 4.51. The van der Waals surface area contributed by atoms with Crippen LogP contribution in [-0.2, 0) is 0 Å². The molecule has 1 atom stereocenters. The van der Waals surface area contributed by atoms with Crippen LogP contribution in [0.2, 0.25) is 0 Å². The molecule has 3 aromatic rings. The molecular formula is C21H26N4O. The van der Waals surface area contributed by atoms with Crippen LogP contribution in [0.15, 0.2) is 36.5 Å². The first kappa shape index (κ1) is 18.1. The molecule has 0 aliphatic carbocycles. The Labute approximate surface area is 154 Å². The maximum Gasteiger partial charge on any atom is 0.255 e. The summed E-state index contributed by atoms with van der Waals surface area (Å²) >= 11 is 0. The third-order valence-electron chi connectivity index (χ3n) is 4.94. The number of fused-ring (bicyclic) bond motifs is 1. The number of pyridine rings is 1. The van der Waals surface area contributed by atoms with Gasteiger partial charge in [-0.3, -0.25) is 4.79 Å². The van der Waals surface area contributed by atoms with Crippen LogP contribution < -0.4 is 0 Å². The van der Waals surface area contributed by atoms with E-state index in [-0.39, 0.29) is 18.0 Å². The number of carbonyl (C=O) groups excluding carboxylic acids is 1. The van der Waals surface area contributed by atoms with Crippen LogP contribution in [-0.4, -0.2) is 32.6 Å². The van der Waals surface area contributed by atoms with Crippen LogP contribution in [0.4, 0.5) is 0 Å². The Morgan fingerprint density at radius 3 is 2.38 bits per heavy atom. The van der Waals surface area contributed by atoms with Gasteiger partial charge in [0.15, 0.2) is 5.65 Å². The zero-order valence-electron chi connectivity index (χ0n) is 16.3. The quantitative estimate of drug-likeness (QED) is 0.698. The van der Waals surface area contributed by atoms with E-state index in [0.717, 1.165) is 22.3 Å². The maximum atomic E-state index is 13.1. The highest BCUT2D eigenvalue weighted by atomic mass is 16.2. The van der Waals surface area contributed by atoms with Crippen LogP contribution in [0, 0.1) is 13.8 Å². The summed E-state index contributed by atoms with van der Waals surface area (Å²) in [6.07, 6.45) is 1.78. The average molecular weight is 350 g/mol. The van der Waals surface area contributed by atoms with Crippen molar-refractivity contribution in [2.45, 2.75) is 46.7 Å². The van der Waals surface area contributed by atoms with Gasteiger partial charge in [-0.15, -0.1) is 0 Å². The minimum atomic E-state index is -0.0257. The van der Waals surface area contributed by atoms with Crippen molar-refractivity contribution in [1.29, 1.82) is 0 Å². The van der Waals surface area contributed by atoms with Crippen molar-refractivity contribution in [3.05, 3.63) is 58.9 Å². The molecule has 26 heavy (non-hydrogen) atoms. The van der Waals surface area contributed by atoms with E-state index in [2.05, 4.69) is 55.1 Å². The number of hydrogen-bond acceptors (Lipinski definition) is 3. The van der Waals surface area contributed by atoms with Crippen LogP contribution in [0.25, 0.3) is 11.0 Å². The SMILES string of the molecule is Cc1ccc(C(C)N(C)C(=O)c2cc3cnn(C(C)C)c3nc2C)cc1. The molecule has 0 N–H and O–H groups in total. The summed E-state index contributed by atoms with van der Waals surface area (Å²) in [5, 5.41) is 5.29. The minimum Gasteiger partial charge on any atom is -0.335 e. The minimum absolute atomic E-state index is 0.0171. The molecule has 136 valence electrons. The molecule has 1 amide bonds. The molecule has 0 saturated heterocycles. The number of aryl methyl sites for hydroxylation is 2. The molecule has 5 heteroatoms. The molecule has 0 radical (unpaired) electrons.